The van der Waals surface area contributed by atoms with E-state index in [-0.39, 0.29) is 6.61 Å². The van der Waals surface area contributed by atoms with Crippen molar-refractivity contribution in [2.45, 2.75) is 39.0 Å². The van der Waals surface area contributed by atoms with Crippen LogP contribution in [0.4, 0.5) is 4.79 Å². The molecule has 5 nitrogen and oxygen atoms in total. The van der Waals surface area contributed by atoms with Gasteiger partial charge in [0, 0.05) is 0 Å². The molecule has 2 rings (SSSR count). The van der Waals surface area contributed by atoms with Crippen LogP contribution in [0.3, 0.4) is 0 Å². The lowest BCUT2D eigenvalue weighted by atomic mass is 10.1. The Morgan fingerprint density at radius 1 is 1.08 bits per heavy atom. The Bertz CT molecular complexity index is 662. The molecule has 5 heteroatoms. The number of hydrogen-bond donors (Lipinski definition) is 2. The SMILES string of the molecule is CC(C)(C)OC(=O)NC(CO)c1ccc(OCc2ccccc2)cc1. The van der Waals surface area contributed by atoms with Gasteiger partial charge >= 0.3 is 6.09 Å². The van der Waals surface area contributed by atoms with Gasteiger partial charge in [-0.15, -0.1) is 0 Å². The number of alkyl carbamates (subject to hydrolysis) is 1. The number of aliphatic hydroxyl groups excluding tert-OH is 1. The van der Waals surface area contributed by atoms with Crippen LogP contribution in [0.15, 0.2) is 54.6 Å². The molecule has 1 unspecified atom stereocenters. The van der Waals surface area contributed by atoms with Crippen molar-refractivity contribution in [3.05, 3.63) is 65.7 Å². The number of carbonyl (C=O) groups is 1. The Hall–Kier alpha value is -2.53. The zero-order valence-corrected chi connectivity index (χ0v) is 14.9. The molecule has 2 aromatic carbocycles. The normalized spacial score (nSPS) is 12.3. The molecule has 0 aliphatic rings. The third-order valence-electron chi connectivity index (χ3n) is 3.40. The van der Waals surface area contributed by atoms with Crippen LogP contribution in [0.5, 0.6) is 5.75 Å². The van der Waals surface area contributed by atoms with Crippen molar-refractivity contribution >= 4 is 6.09 Å². The number of carbonyl (C=O) groups excluding carboxylic acids is 1. The summed E-state index contributed by atoms with van der Waals surface area (Å²) in [4.78, 5) is 11.9. The number of ether oxygens (including phenoxy) is 2. The summed E-state index contributed by atoms with van der Waals surface area (Å²) in [6.07, 6.45) is -0.559. The Kier molecular flexibility index (Phi) is 6.42. The number of rotatable bonds is 6. The minimum Gasteiger partial charge on any atom is -0.489 e. The van der Waals surface area contributed by atoms with Crippen LogP contribution in [-0.2, 0) is 11.3 Å². The topological polar surface area (TPSA) is 67.8 Å². The molecule has 134 valence electrons. The van der Waals surface area contributed by atoms with E-state index in [1.54, 1.807) is 20.8 Å². The zero-order chi connectivity index (χ0) is 18.3. The molecule has 1 amide bonds. The summed E-state index contributed by atoms with van der Waals surface area (Å²) in [5.41, 5.74) is 1.28. The van der Waals surface area contributed by atoms with E-state index in [4.69, 9.17) is 9.47 Å². The molecule has 1 atom stereocenters. The largest absolute Gasteiger partial charge is 0.489 e. The summed E-state index contributed by atoms with van der Waals surface area (Å²) in [6, 6.07) is 16.6. The predicted octanol–water partition coefficient (Wildman–Crippen LogP) is 3.82. The van der Waals surface area contributed by atoms with E-state index in [0.717, 1.165) is 16.9 Å². The molecule has 0 saturated carbocycles. The van der Waals surface area contributed by atoms with Gasteiger partial charge in [0.25, 0.3) is 0 Å². The van der Waals surface area contributed by atoms with Gasteiger partial charge < -0.3 is 19.9 Å². The van der Waals surface area contributed by atoms with Crippen molar-refractivity contribution in [1.82, 2.24) is 5.32 Å². The van der Waals surface area contributed by atoms with E-state index < -0.39 is 17.7 Å². The van der Waals surface area contributed by atoms with Gasteiger partial charge in [-0.2, -0.15) is 0 Å². The van der Waals surface area contributed by atoms with Crippen molar-refractivity contribution in [2.24, 2.45) is 0 Å². The van der Waals surface area contributed by atoms with Crippen LogP contribution >= 0.6 is 0 Å². The molecule has 25 heavy (non-hydrogen) atoms. The molecule has 0 bridgehead atoms. The molecule has 0 aliphatic carbocycles. The van der Waals surface area contributed by atoms with Crippen LogP contribution in [0.2, 0.25) is 0 Å². The Balaban J connectivity index is 1.93. The molecule has 0 fully saturated rings. The first kappa shape index (κ1) is 18.8. The van der Waals surface area contributed by atoms with Crippen molar-refractivity contribution in [3.63, 3.8) is 0 Å². The number of nitrogens with one attached hydrogen (secondary N) is 1. The maximum absolute atomic E-state index is 11.9. The average molecular weight is 343 g/mol. The van der Waals surface area contributed by atoms with Gasteiger partial charge in [-0.05, 0) is 44.0 Å². The lowest BCUT2D eigenvalue weighted by Gasteiger charge is -2.23. The zero-order valence-electron chi connectivity index (χ0n) is 14.9. The lowest BCUT2D eigenvalue weighted by Crippen LogP contribution is -2.36. The smallest absolute Gasteiger partial charge is 0.408 e. The molecule has 0 aliphatic heterocycles. The Morgan fingerprint density at radius 2 is 1.72 bits per heavy atom. The minimum atomic E-state index is -0.584. The maximum Gasteiger partial charge on any atom is 0.408 e. The number of aliphatic hydroxyl groups is 1. The highest BCUT2D eigenvalue weighted by molar-refractivity contribution is 5.68. The fraction of sp³-hybridized carbons (Fsp3) is 0.350. The first-order valence-electron chi connectivity index (χ1n) is 8.24. The molecular formula is C20H25NO4. The fourth-order valence-corrected chi connectivity index (χ4v) is 2.22. The summed E-state index contributed by atoms with van der Waals surface area (Å²) >= 11 is 0. The van der Waals surface area contributed by atoms with Crippen molar-refractivity contribution in [2.75, 3.05) is 6.61 Å². The molecule has 2 N–H and O–H groups in total. The average Bonchev–Trinajstić information content (AvgIpc) is 2.58. The molecule has 0 saturated heterocycles. The van der Waals surface area contributed by atoms with E-state index in [2.05, 4.69) is 5.32 Å². The quantitative estimate of drug-likeness (QED) is 0.836. The van der Waals surface area contributed by atoms with E-state index in [1.165, 1.54) is 0 Å². The number of hydrogen-bond acceptors (Lipinski definition) is 4. The third-order valence-corrected chi connectivity index (χ3v) is 3.40. The molecular weight excluding hydrogens is 318 g/mol. The minimum absolute atomic E-state index is 0.219. The predicted molar refractivity (Wildman–Crippen MR) is 96.4 cm³/mol. The van der Waals surface area contributed by atoms with Crippen LogP contribution < -0.4 is 10.1 Å². The van der Waals surface area contributed by atoms with Gasteiger partial charge in [0.1, 0.15) is 18.0 Å². The lowest BCUT2D eigenvalue weighted by molar-refractivity contribution is 0.0482. The van der Waals surface area contributed by atoms with Crippen LogP contribution in [0.25, 0.3) is 0 Å². The highest BCUT2D eigenvalue weighted by Crippen LogP contribution is 2.19. The van der Waals surface area contributed by atoms with Gasteiger partial charge in [-0.25, -0.2) is 4.79 Å². The van der Waals surface area contributed by atoms with Gasteiger partial charge in [0.05, 0.1) is 12.6 Å². The second-order valence-corrected chi connectivity index (χ2v) is 6.72. The van der Waals surface area contributed by atoms with Crippen molar-refractivity contribution < 1.29 is 19.4 Å². The molecule has 2 aromatic rings. The molecule has 0 aromatic heterocycles. The van der Waals surface area contributed by atoms with E-state index in [9.17, 15) is 9.90 Å². The van der Waals surface area contributed by atoms with Gasteiger partial charge in [0.15, 0.2) is 0 Å². The third kappa shape index (κ3) is 6.47. The number of amides is 1. The second kappa shape index (κ2) is 8.53. The van der Waals surface area contributed by atoms with Crippen LogP contribution in [0, 0.1) is 0 Å². The van der Waals surface area contributed by atoms with E-state index in [0.29, 0.717) is 6.61 Å². The first-order valence-corrected chi connectivity index (χ1v) is 8.24. The first-order chi connectivity index (χ1) is 11.9. The summed E-state index contributed by atoms with van der Waals surface area (Å²) in [5.74, 6) is 0.724. The van der Waals surface area contributed by atoms with Gasteiger partial charge in [0.2, 0.25) is 0 Å². The standard InChI is InChI=1S/C20H25NO4/c1-20(2,3)25-19(23)21-18(13-22)16-9-11-17(12-10-16)24-14-15-7-5-4-6-8-15/h4-12,18,22H,13-14H2,1-3H3,(H,21,23). The van der Waals surface area contributed by atoms with E-state index >= 15 is 0 Å². The Labute approximate surface area is 148 Å². The maximum atomic E-state index is 11.9. The van der Waals surface area contributed by atoms with Gasteiger partial charge in [-0.3, -0.25) is 0 Å². The summed E-state index contributed by atoms with van der Waals surface area (Å²) < 4.78 is 10.9. The van der Waals surface area contributed by atoms with Crippen molar-refractivity contribution in [1.29, 1.82) is 0 Å². The molecule has 0 radical (unpaired) electrons. The van der Waals surface area contributed by atoms with E-state index in [1.807, 2.05) is 54.6 Å². The van der Waals surface area contributed by atoms with Crippen LogP contribution in [0.1, 0.15) is 37.9 Å². The Morgan fingerprint density at radius 3 is 2.28 bits per heavy atom. The van der Waals surface area contributed by atoms with Gasteiger partial charge in [-0.1, -0.05) is 42.5 Å². The number of benzene rings is 2. The molecule has 0 spiro atoms. The second-order valence-electron chi connectivity index (χ2n) is 6.72. The highest BCUT2D eigenvalue weighted by Gasteiger charge is 2.20. The highest BCUT2D eigenvalue weighted by atomic mass is 16.6. The fourth-order valence-electron chi connectivity index (χ4n) is 2.22. The summed E-state index contributed by atoms with van der Waals surface area (Å²) in [7, 11) is 0. The summed E-state index contributed by atoms with van der Waals surface area (Å²) in [5, 5.41) is 12.2. The summed E-state index contributed by atoms with van der Waals surface area (Å²) in [6.45, 7) is 5.64. The monoisotopic (exact) mass is 343 g/mol. The van der Waals surface area contributed by atoms with Crippen molar-refractivity contribution in [3.8, 4) is 5.75 Å². The molecule has 0 heterocycles. The van der Waals surface area contributed by atoms with Crippen LogP contribution in [-0.4, -0.2) is 23.4 Å².